The minimum absolute atomic E-state index is 0.368. The summed E-state index contributed by atoms with van der Waals surface area (Å²) in [4.78, 5) is 7.03. The molecule has 0 aromatic carbocycles. The smallest absolute Gasteiger partial charge is 0.212 e. The van der Waals surface area contributed by atoms with Crippen molar-refractivity contribution in [2.45, 2.75) is 32.9 Å². The molecule has 3 nitrogen and oxygen atoms in total. The van der Waals surface area contributed by atoms with E-state index < -0.39 is 0 Å². The van der Waals surface area contributed by atoms with Crippen LogP contribution in [0.4, 0.5) is 0 Å². The van der Waals surface area contributed by atoms with Crippen molar-refractivity contribution in [2.24, 2.45) is 0 Å². The van der Waals surface area contributed by atoms with Gasteiger partial charge >= 0.3 is 0 Å². The van der Waals surface area contributed by atoms with Gasteiger partial charge in [0.25, 0.3) is 0 Å². The molecule has 0 radical (unpaired) electrons. The van der Waals surface area contributed by atoms with Gasteiger partial charge < -0.3 is 10.1 Å². The predicted octanol–water partition coefficient (Wildman–Crippen LogP) is 3.56. The van der Waals surface area contributed by atoms with Gasteiger partial charge in [0.2, 0.25) is 5.88 Å². The maximum Gasteiger partial charge on any atom is 0.212 e. The van der Waals surface area contributed by atoms with E-state index in [1.165, 1.54) is 15.3 Å². The summed E-state index contributed by atoms with van der Waals surface area (Å²) in [6.07, 6.45) is 2.96. The van der Waals surface area contributed by atoms with Crippen molar-refractivity contribution < 1.29 is 4.74 Å². The van der Waals surface area contributed by atoms with Gasteiger partial charge in [0, 0.05) is 34.6 Å². The molecule has 1 atom stereocenters. The number of nitrogens with one attached hydrogen (secondary N) is 1. The Balaban J connectivity index is 1.90. The maximum atomic E-state index is 5.05. The van der Waals surface area contributed by atoms with Crippen molar-refractivity contribution in [3.8, 4) is 5.88 Å². The van der Waals surface area contributed by atoms with Gasteiger partial charge in [0.15, 0.2) is 0 Å². The van der Waals surface area contributed by atoms with Crippen molar-refractivity contribution in [2.75, 3.05) is 7.11 Å². The number of aromatic nitrogens is 1. The van der Waals surface area contributed by atoms with E-state index in [0.29, 0.717) is 11.9 Å². The Kier molecular flexibility index (Phi) is 4.93. The van der Waals surface area contributed by atoms with Crippen LogP contribution in [0.1, 0.15) is 35.2 Å². The molecule has 1 unspecified atom stereocenters. The Bertz CT molecular complexity index is 507. The molecular weight excluding hydrogens is 256 g/mol. The number of hydrogen-bond donors (Lipinski definition) is 1. The molecule has 2 heterocycles. The second-order valence-corrected chi connectivity index (χ2v) is 5.67. The largest absolute Gasteiger partial charge is 0.481 e. The summed E-state index contributed by atoms with van der Waals surface area (Å²) in [5, 5.41) is 3.52. The molecule has 2 rings (SSSR count). The van der Waals surface area contributed by atoms with Crippen LogP contribution >= 0.6 is 11.3 Å². The van der Waals surface area contributed by atoms with Crippen LogP contribution in [0.25, 0.3) is 0 Å². The Morgan fingerprint density at radius 2 is 2.16 bits per heavy atom. The number of rotatable bonds is 6. The zero-order valence-corrected chi connectivity index (χ0v) is 12.5. The zero-order valence-electron chi connectivity index (χ0n) is 11.6. The van der Waals surface area contributed by atoms with Crippen LogP contribution in [-0.2, 0) is 13.0 Å². The van der Waals surface area contributed by atoms with E-state index in [-0.39, 0.29) is 0 Å². The fraction of sp³-hybridized carbons (Fsp3) is 0.400. The fourth-order valence-electron chi connectivity index (χ4n) is 1.83. The Hall–Kier alpha value is -1.39. The highest BCUT2D eigenvalue weighted by atomic mass is 32.1. The van der Waals surface area contributed by atoms with Gasteiger partial charge in [-0.15, -0.1) is 11.3 Å². The molecule has 0 aliphatic heterocycles. The average molecular weight is 276 g/mol. The van der Waals surface area contributed by atoms with Crippen LogP contribution in [0.2, 0.25) is 0 Å². The number of nitrogens with zero attached hydrogens (tertiary/aromatic N) is 1. The molecule has 0 spiro atoms. The lowest BCUT2D eigenvalue weighted by molar-refractivity contribution is 0.397. The van der Waals surface area contributed by atoms with Gasteiger partial charge in [-0.05, 0) is 31.0 Å². The summed E-state index contributed by atoms with van der Waals surface area (Å²) in [6, 6.07) is 8.73. The van der Waals surface area contributed by atoms with Crippen molar-refractivity contribution in [3.63, 3.8) is 0 Å². The molecule has 0 aliphatic rings. The van der Waals surface area contributed by atoms with Crippen LogP contribution in [0.5, 0.6) is 5.88 Å². The molecule has 0 saturated carbocycles. The summed E-state index contributed by atoms with van der Waals surface area (Å²) in [5.41, 5.74) is 1.17. The predicted molar refractivity (Wildman–Crippen MR) is 79.7 cm³/mol. The Morgan fingerprint density at radius 3 is 2.74 bits per heavy atom. The van der Waals surface area contributed by atoms with E-state index >= 15 is 0 Å². The quantitative estimate of drug-likeness (QED) is 0.876. The SMILES string of the molecule is CCc1ccc(C(C)NCc2ccc(OC)nc2)s1. The van der Waals surface area contributed by atoms with Gasteiger partial charge in [-0.3, -0.25) is 0 Å². The minimum atomic E-state index is 0.368. The molecule has 0 fully saturated rings. The molecule has 0 aliphatic carbocycles. The summed E-state index contributed by atoms with van der Waals surface area (Å²) >= 11 is 1.88. The normalized spacial score (nSPS) is 12.4. The topological polar surface area (TPSA) is 34.1 Å². The van der Waals surface area contributed by atoms with E-state index in [1.807, 2.05) is 29.7 Å². The number of ether oxygens (including phenoxy) is 1. The van der Waals surface area contributed by atoms with Crippen LogP contribution in [0.15, 0.2) is 30.5 Å². The molecule has 102 valence electrons. The highest BCUT2D eigenvalue weighted by Gasteiger charge is 2.07. The first-order valence-electron chi connectivity index (χ1n) is 6.53. The lowest BCUT2D eigenvalue weighted by atomic mass is 10.2. The summed E-state index contributed by atoms with van der Waals surface area (Å²) < 4.78 is 5.05. The van der Waals surface area contributed by atoms with Gasteiger partial charge in [0.1, 0.15) is 0 Å². The van der Waals surface area contributed by atoms with Gasteiger partial charge in [-0.1, -0.05) is 13.0 Å². The second-order valence-electron chi connectivity index (χ2n) is 4.47. The summed E-state index contributed by atoms with van der Waals surface area (Å²) in [6.45, 7) is 5.20. The van der Waals surface area contributed by atoms with Crippen LogP contribution in [0, 0.1) is 0 Å². The first kappa shape index (κ1) is 14.0. The van der Waals surface area contributed by atoms with E-state index in [0.717, 1.165) is 13.0 Å². The lowest BCUT2D eigenvalue weighted by Crippen LogP contribution is -2.17. The molecule has 0 bridgehead atoms. The molecule has 1 N–H and O–H groups in total. The van der Waals surface area contributed by atoms with Crippen molar-refractivity contribution in [1.29, 1.82) is 0 Å². The standard InChI is InChI=1S/C15H20N2OS/c1-4-13-6-7-14(19-13)11(2)16-9-12-5-8-15(18-3)17-10-12/h5-8,10-11,16H,4,9H2,1-3H3. The fourth-order valence-corrected chi connectivity index (χ4v) is 2.80. The lowest BCUT2D eigenvalue weighted by Gasteiger charge is -2.12. The van der Waals surface area contributed by atoms with E-state index in [2.05, 4.69) is 36.3 Å². The Labute approximate surface area is 118 Å². The molecule has 2 aromatic rings. The first-order chi connectivity index (χ1) is 9.22. The molecule has 0 saturated heterocycles. The van der Waals surface area contributed by atoms with Crippen LogP contribution < -0.4 is 10.1 Å². The van der Waals surface area contributed by atoms with Crippen molar-refractivity contribution >= 4 is 11.3 Å². The number of aryl methyl sites for hydroxylation is 1. The first-order valence-corrected chi connectivity index (χ1v) is 7.35. The van der Waals surface area contributed by atoms with Crippen LogP contribution in [-0.4, -0.2) is 12.1 Å². The third-order valence-corrected chi connectivity index (χ3v) is 4.49. The molecule has 2 aromatic heterocycles. The summed E-state index contributed by atoms with van der Waals surface area (Å²) in [7, 11) is 1.63. The number of pyridine rings is 1. The van der Waals surface area contributed by atoms with Crippen molar-refractivity contribution in [1.82, 2.24) is 10.3 Å². The minimum Gasteiger partial charge on any atom is -0.481 e. The average Bonchev–Trinajstić information content (AvgIpc) is 2.94. The van der Waals surface area contributed by atoms with Crippen LogP contribution in [0.3, 0.4) is 0 Å². The third-order valence-electron chi connectivity index (χ3n) is 3.08. The third kappa shape index (κ3) is 3.78. The number of methoxy groups -OCH3 is 1. The number of thiophene rings is 1. The molecular formula is C15H20N2OS. The monoisotopic (exact) mass is 276 g/mol. The zero-order chi connectivity index (χ0) is 13.7. The van der Waals surface area contributed by atoms with E-state index in [4.69, 9.17) is 4.74 Å². The highest BCUT2D eigenvalue weighted by Crippen LogP contribution is 2.23. The molecule has 19 heavy (non-hydrogen) atoms. The molecule has 4 heteroatoms. The maximum absolute atomic E-state index is 5.05. The van der Waals surface area contributed by atoms with Gasteiger partial charge in [0.05, 0.1) is 7.11 Å². The highest BCUT2D eigenvalue weighted by molar-refractivity contribution is 7.12. The van der Waals surface area contributed by atoms with Crippen molar-refractivity contribution in [3.05, 3.63) is 45.8 Å². The molecule has 0 amide bonds. The van der Waals surface area contributed by atoms with Gasteiger partial charge in [-0.2, -0.15) is 0 Å². The number of hydrogen-bond acceptors (Lipinski definition) is 4. The van der Waals surface area contributed by atoms with Gasteiger partial charge in [-0.25, -0.2) is 4.98 Å². The Morgan fingerprint density at radius 1 is 1.32 bits per heavy atom. The summed E-state index contributed by atoms with van der Waals surface area (Å²) in [5.74, 6) is 0.655. The van der Waals surface area contributed by atoms with E-state index in [1.54, 1.807) is 7.11 Å². The second kappa shape index (κ2) is 6.68. The van der Waals surface area contributed by atoms with E-state index in [9.17, 15) is 0 Å².